The topological polar surface area (TPSA) is 24.9 Å². The van der Waals surface area contributed by atoms with Gasteiger partial charge >= 0.3 is 0 Å². The monoisotopic (exact) mass is 212 g/mol. The molecule has 2 nitrogen and oxygen atoms in total. The summed E-state index contributed by atoms with van der Waals surface area (Å²) in [7, 11) is 0. The molecule has 2 atom stereocenters. The van der Waals surface area contributed by atoms with Crippen LogP contribution < -0.4 is 5.32 Å². The molecule has 1 fully saturated rings. The van der Waals surface area contributed by atoms with Gasteiger partial charge in [0.25, 0.3) is 0 Å². The first kappa shape index (κ1) is 9.79. The molecule has 1 aromatic heterocycles. The van der Waals surface area contributed by atoms with Crippen molar-refractivity contribution in [3.63, 3.8) is 0 Å². The fourth-order valence-corrected chi connectivity index (χ4v) is 2.65. The SMILES string of the molecule is CC1CC(c2ccnc3ccccc23)CN1. The van der Waals surface area contributed by atoms with Crippen LogP contribution in [-0.4, -0.2) is 17.6 Å². The number of pyridine rings is 1. The third-order valence-corrected chi connectivity index (χ3v) is 3.47. The second-order valence-electron chi connectivity index (χ2n) is 4.66. The van der Waals surface area contributed by atoms with Crippen LogP contribution in [0, 0.1) is 0 Å². The van der Waals surface area contributed by atoms with Crippen LogP contribution in [0.3, 0.4) is 0 Å². The highest BCUT2D eigenvalue weighted by molar-refractivity contribution is 5.82. The van der Waals surface area contributed by atoms with E-state index in [0.29, 0.717) is 12.0 Å². The normalized spacial score (nSPS) is 25.1. The van der Waals surface area contributed by atoms with Crippen molar-refractivity contribution in [1.29, 1.82) is 0 Å². The first-order valence-corrected chi connectivity index (χ1v) is 5.91. The standard InChI is InChI=1S/C14H16N2/c1-10-8-11(9-16-10)12-6-7-15-14-5-3-2-4-13(12)14/h2-7,10-11,16H,8-9H2,1H3. The summed E-state index contributed by atoms with van der Waals surface area (Å²) in [4.78, 5) is 4.41. The molecule has 82 valence electrons. The van der Waals surface area contributed by atoms with Gasteiger partial charge in [0.1, 0.15) is 0 Å². The number of hydrogen-bond donors (Lipinski definition) is 1. The number of aromatic nitrogens is 1. The molecule has 2 unspecified atom stereocenters. The van der Waals surface area contributed by atoms with Gasteiger partial charge in [-0.25, -0.2) is 0 Å². The highest BCUT2D eigenvalue weighted by Gasteiger charge is 2.23. The Hall–Kier alpha value is -1.41. The second kappa shape index (κ2) is 3.87. The quantitative estimate of drug-likeness (QED) is 0.786. The van der Waals surface area contributed by atoms with Crippen molar-refractivity contribution in [1.82, 2.24) is 10.3 Å². The van der Waals surface area contributed by atoms with E-state index in [1.807, 2.05) is 6.20 Å². The number of benzene rings is 1. The minimum Gasteiger partial charge on any atom is -0.314 e. The third kappa shape index (κ3) is 1.59. The van der Waals surface area contributed by atoms with Crippen LogP contribution in [0.25, 0.3) is 10.9 Å². The number of nitrogens with zero attached hydrogens (tertiary/aromatic N) is 1. The molecule has 1 aromatic carbocycles. The van der Waals surface area contributed by atoms with Crippen LogP contribution in [0.4, 0.5) is 0 Å². The lowest BCUT2D eigenvalue weighted by Gasteiger charge is -2.11. The lowest BCUT2D eigenvalue weighted by molar-refractivity contribution is 0.659. The van der Waals surface area contributed by atoms with Gasteiger partial charge in [-0.2, -0.15) is 0 Å². The van der Waals surface area contributed by atoms with Gasteiger partial charge in [-0.15, -0.1) is 0 Å². The maximum atomic E-state index is 4.41. The average molecular weight is 212 g/mol. The van der Waals surface area contributed by atoms with E-state index in [4.69, 9.17) is 0 Å². The first-order valence-electron chi connectivity index (χ1n) is 5.91. The maximum absolute atomic E-state index is 4.41. The largest absolute Gasteiger partial charge is 0.314 e. The van der Waals surface area contributed by atoms with Gasteiger partial charge in [0.2, 0.25) is 0 Å². The molecule has 1 aliphatic rings. The smallest absolute Gasteiger partial charge is 0.0704 e. The van der Waals surface area contributed by atoms with Crippen molar-refractivity contribution in [2.45, 2.75) is 25.3 Å². The molecule has 0 amide bonds. The van der Waals surface area contributed by atoms with Gasteiger partial charge in [-0.1, -0.05) is 18.2 Å². The molecule has 1 N–H and O–H groups in total. The van der Waals surface area contributed by atoms with Crippen LogP contribution in [0.5, 0.6) is 0 Å². The molecular weight excluding hydrogens is 196 g/mol. The van der Waals surface area contributed by atoms with Gasteiger partial charge in [-0.3, -0.25) is 4.98 Å². The van der Waals surface area contributed by atoms with Crippen molar-refractivity contribution in [2.24, 2.45) is 0 Å². The van der Waals surface area contributed by atoms with Gasteiger partial charge < -0.3 is 5.32 Å². The van der Waals surface area contributed by atoms with Crippen molar-refractivity contribution in [2.75, 3.05) is 6.54 Å². The summed E-state index contributed by atoms with van der Waals surface area (Å²) < 4.78 is 0. The molecular formula is C14H16N2. The summed E-state index contributed by atoms with van der Waals surface area (Å²) in [5.41, 5.74) is 2.56. The fraction of sp³-hybridized carbons (Fsp3) is 0.357. The Morgan fingerprint density at radius 3 is 2.94 bits per heavy atom. The second-order valence-corrected chi connectivity index (χ2v) is 4.66. The summed E-state index contributed by atoms with van der Waals surface area (Å²) >= 11 is 0. The van der Waals surface area contributed by atoms with E-state index in [1.54, 1.807) is 0 Å². The van der Waals surface area contributed by atoms with E-state index in [-0.39, 0.29) is 0 Å². The molecule has 3 rings (SSSR count). The third-order valence-electron chi connectivity index (χ3n) is 3.47. The minimum atomic E-state index is 0.636. The summed E-state index contributed by atoms with van der Waals surface area (Å²) in [5, 5.41) is 4.82. The lowest BCUT2D eigenvalue weighted by atomic mass is 9.94. The van der Waals surface area contributed by atoms with E-state index >= 15 is 0 Å². The Balaban J connectivity index is 2.09. The molecule has 2 aromatic rings. The summed E-state index contributed by atoms with van der Waals surface area (Å²) in [6.07, 6.45) is 3.16. The molecule has 1 aliphatic heterocycles. The molecule has 0 radical (unpaired) electrons. The fourth-order valence-electron chi connectivity index (χ4n) is 2.65. The minimum absolute atomic E-state index is 0.636. The Morgan fingerprint density at radius 1 is 1.25 bits per heavy atom. The molecule has 0 spiro atoms. The first-order chi connectivity index (χ1) is 7.84. The Kier molecular flexibility index (Phi) is 2.37. The summed E-state index contributed by atoms with van der Waals surface area (Å²) in [6.45, 7) is 3.35. The zero-order valence-corrected chi connectivity index (χ0v) is 9.48. The summed E-state index contributed by atoms with van der Waals surface area (Å²) in [6, 6.07) is 11.2. The van der Waals surface area contributed by atoms with Crippen LogP contribution in [0.1, 0.15) is 24.8 Å². The van der Waals surface area contributed by atoms with Gasteiger partial charge in [-0.05, 0) is 37.0 Å². The maximum Gasteiger partial charge on any atom is 0.0704 e. The number of nitrogens with one attached hydrogen (secondary N) is 1. The molecule has 16 heavy (non-hydrogen) atoms. The zero-order valence-electron chi connectivity index (χ0n) is 9.48. The number of hydrogen-bond acceptors (Lipinski definition) is 2. The predicted octanol–water partition coefficient (Wildman–Crippen LogP) is 2.70. The lowest BCUT2D eigenvalue weighted by Crippen LogP contribution is -2.16. The van der Waals surface area contributed by atoms with Crippen molar-refractivity contribution in [3.8, 4) is 0 Å². The van der Waals surface area contributed by atoms with Crippen LogP contribution in [0.15, 0.2) is 36.5 Å². The number of rotatable bonds is 1. The highest BCUT2D eigenvalue weighted by Crippen LogP contribution is 2.30. The Morgan fingerprint density at radius 2 is 2.12 bits per heavy atom. The summed E-state index contributed by atoms with van der Waals surface area (Å²) in [5.74, 6) is 0.642. The van der Waals surface area contributed by atoms with Crippen molar-refractivity contribution in [3.05, 3.63) is 42.1 Å². The molecule has 2 heteroatoms. The van der Waals surface area contributed by atoms with Crippen LogP contribution >= 0.6 is 0 Å². The molecule has 0 saturated carbocycles. The zero-order chi connectivity index (χ0) is 11.0. The van der Waals surface area contributed by atoms with E-state index in [9.17, 15) is 0 Å². The Labute approximate surface area is 95.7 Å². The highest BCUT2D eigenvalue weighted by atomic mass is 14.9. The van der Waals surface area contributed by atoms with Crippen LogP contribution in [0.2, 0.25) is 0 Å². The van der Waals surface area contributed by atoms with Gasteiger partial charge in [0.05, 0.1) is 5.52 Å². The number of para-hydroxylation sites is 1. The Bertz CT molecular complexity index is 502. The average Bonchev–Trinajstić information content (AvgIpc) is 2.75. The van der Waals surface area contributed by atoms with Gasteiger partial charge in [0, 0.05) is 24.2 Å². The van der Waals surface area contributed by atoms with E-state index in [1.165, 1.54) is 17.4 Å². The predicted molar refractivity (Wildman–Crippen MR) is 66.6 cm³/mol. The van der Waals surface area contributed by atoms with E-state index in [0.717, 1.165) is 12.1 Å². The van der Waals surface area contributed by atoms with Crippen molar-refractivity contribution >= 4 is 10.9 Å². The molecule has 1 saturated heterocycles. The van der Waals surface area contributed by atoms with Crippen molar-refractivity contribution < 1.29 is 0 Å². The van der Waals surface area contributed by atoms with Crippen LogP contribution in [-0.2, 0) is 0 Å². The van der Waals surface area contributed by atoms with E-state index < -0.39 is 0 Å². The number of fused-ring (bicyclic) bond motifs is 1. The molecule has 0 bridgehead atoms. The van der Waals surface area contributed by atoms with E-state index in [2.05, 4.69) is 47.6 Å². The van der Waals surface area contributed by atoms with Gasteiger partial charge in [0.15, 0.2) is 0 Å². The molecule has 2 heterocycles. The molecule has 0 aliphatic carbocycles.